The van der Waals surface area contributed by atoms with E-state index in [4.69, 9.17) is 19.0 Å². The lowest BCUT2D eigenvalue weighted by Crippen LogP contribution is -2.51. The quantitative estimate of drug-likeness (QED) is 0.374. The second-order valence-corrected chi connectivity index (χ2v) is 12.3. The second kappa shape index (κ2) is 14.1. The fourth-order valence-electron chi connectivity index (χ4n) is 4.08. The van der Waals surface area contributed by atoms with Crippen molar-refractivity contribution in [1.82, 2.24) is 9.79 Å². The Morgan fingerprint density at radius 3 is 2.41 bits per heavy atom. The molecule has 0 saturated carbocycles. The van der Waals surface area contributed by atoms with E-state index < -0.39 is 40.4 Å². The van der Waals surface area contributed by atoms with Crippen LogP contribution in [0, 0.1) is 0 Å². The minimum absolute atomic E-state index is 0.00491. The first-order valence-corrected chi connectivity index (χ1v) is 14.5. The van der Waals surface area contributed by atoms with Crippen LogP contribution in [0.3, 0.4) is 0 Å². The average molecular weight is 565 g/mol. The number of methoxy groups -OCH3 is 1. The summed E-state index contributed by atoms with van der Waals surface area (Å²) < 4.78 is 44.3. The van der Waals surface area contributed by atoms with Crippen LogP contribution in [0.4, 0.5) is 4.79 Å². The molecule has 3 atom stereocenters. The van der Waals surface area contributed by atoms with Crippen LogP contribution in [0.15, 0.2) is 59.5 Å². The Labute approximate surface area is 231 Å². The van der Waals surface area contributed by atoms with E-state index in [-0.39, 0.29) is 24.0 Å². The average Bonchev–Trinajstić information content (AvgIpc) is 2.90. The molecule has 0 aliphatic carbocycles. The molecule has 11 heteroatoms. The van der Waals surface area contributed by atoms with Crippen molar-refractivity contribution in [2.45, 2.75) is 75.2 Å². The fourth-order valence-corrected chi connectivity index (χ4v) is 5.34. The monoisotopic (exact) mass is 564 g/mol. The first-order valence-electron chi connectivity index (χ1n) is 13.1. The number of alkyl carbamates (subject to hydrolysis) is 1. The molecule has 1 saturated heterocycles. The molecule has 1 heterocycles. The topological polar surface area (TPSA) is 124 Å². The highest BCUT2D eigenvalue weighted by molar-refractivity contribution is 7.89. The SMILES string of the molecule is COc1ccc(S(=O)(=O)N(CC(O)C(Cc2ccccc2)NC(=O)OC(C)(C)C)OCC2CCCCO2)cc1. The van der Waals surface area contributed by atoms with Gasteiger partial charge in [-0.2, -0.15) is 0 Å². The van der Waals surface area contributed by atoms with Crippen molar-refractivity contribution in [3.63, 3.8) is 0 Å². The van der Waals surface area contributed by atoms with Gasteiger partial charge in [0.1, 0.15) is 11.4 Å². The highest BCUT2D eigenvalue weighted by atomic mass is 32.2. The number of hydroxylamine groups is 1. The van der Waals surface area contributed by atoms with Crippen LogP contribution >= 0.6 is 0 Å². The van der Waals surface area contributed by atoms with Crippen molar-refractivity contribution in [3.8, 4) is 5.75 Å². The summed E-state index contributed by atoms with van der Waals surface area (Å²) >= 11 is 0. The predicted octanol–water partition coefficient (Wildman–Crippen LogP) is 3.68. The van der Waals surface area contributed by atoms with Crippen molar-refractivity contribution in [1.29, 1.82) is 0 Å². The number of aliphatic hydroxyl groups excluding tert-OH is 1. The van der Waals surface area contributed by atoms with Gasteiger partial charge in [0.25, 0.3) is 10.0 Å². The Kier molecular flexibility index (Phi) is 11.1. The molecule has 1 amide bonds. The summed E-state index contributed by atoms with van der Waals surface area (Å²) in [5, 5.41) is 14.0. The van der Waals surface area contributed by atoms with Crippen LogP contribution in [0.2, 0.25) is 0 Å². The lowest BCUT2D eigenvalue weighted by atomic mass is 10.0. The summed E-state index contributed by atoms with van der Waals surface area (Å²) in [4.78, 5) is 18.4. The fraction of sp³-hybridized carbons (Fsp3) is 0.536. The number of hydrogen-bond donors (Lipinski definition) is 2. The maximum absolute atomic E-state index is 13.6. The number of ether oxygens (including phenoxy) is 3. The van der Waals surface area contributed by atoms with E-state index in [9.17, 15) is 18.3 Å². The summed E-state index contributed by atoms with van der Waals surface area (Å²) in [5.74, 6) is 0.501. The molecule has 2 aromatic carbocycles. The van der Waals surface area contributed by atoms with Crippen LogP contribution in [0.25, 0.3) is 0 Å². The molecular weight excluding hydrogens is 524 g/mol. The van der Waals surface area contributed by atoms with Crippen LogP contribution in [-0.4, -0.2) is 74.8 Å². The second-order valence-electron chi connectivity index (χ2n) is 10.5. The molecule has 39 heavy (non-hydrogen) atoms. The van der Waals surface area contributed by atoms with Gasteiger partial charge in [0.2, 0.25) is 0 Å². The van der Waals surface area contributed by atoms with Gasteiger partial charge in [-0.15, -0.1) is 0 Å². The van der Waals surface area contributed by atoms with Gasteiger partial charge in [-0.3, -0.25) is 4.84 Å². The zero-order valence-corrected chi connectivity index (χ0v) is 23.9. The van der Waals surface area contributed by atoms with Gasteiger partial charge in [-0.05, 0) is 76.3 Å². The van der Waals surface area contributed by atoms with E-state index in [0.717, 1.165) is 29.3 Å². The summed E-state index contributed by atoms with van der Waals surface area (Å²) in [7, 11) is -2.70. The largest absolute Gasteiger partial charge is 0.497 e. The first-order chi connectivity index (χ1) is 18.5. The molecule has 3 rings (SSSR count). The van der Waals surface area contributed by atoms with Crippen molar-refractivity contribution in [2.75, 3.05) is 26.9 Å². The summed E-state index contributed by atoms with van der Waals surface area (Å²) in [6.45, 7) is 5.36. The normalized spacial score (nSPS) is 17.8. The van der Waals surface area contributed by atoms with Gasteiger partial charge in [0.05, 0.1) is 43.4 Å². The molecule has 2 N–H and O–H groups in total. The van der Waals surface area contributed by atoms with Gasteiger partial charge in [0, 0.05) is 6.61 Å². The first kappa shape index (κ1) is 30.8. The Bertz CT molecular complexity index is 1130. The molecule has 0 bridgehead atoms. The van der Waals surface area contributed by atoms with Crippen molar-refractivity contribution >= 4 is 16.1 Å². The lowest BCUT2D eigenvalue weighted by molar-refractivity contribution is -0.147. The number of nitrogens with zero attached hydrogens (tertiary/aromatic N) is 1. The van der Waals surface area contributed by atoms with Crippen LogP contribution < -0.4 is 10.1 Å². The smallest absolute Gasteiger partial charge is 0.407 e. The highest BCUT2D eigenvalue weighted by Crippen LogP contribution is 2.22. The third-order valence-electron chi connectivity index (χ3n) is 6.10. The summed E-state index contributed by atoms with van der Waals surface area (Å²) in [6, 6.07) is 14.3. The molecule has 3 unspecified atom stereocenters. The van der Waals surface area contributed by atoms with Crippen LogP contribution in [-0.2, 0) is 30.8 Å². The molecule has 0 radical (unpaired) electrons. The maximum atomic E-state index is 13.6. The molecule has 0 aromatic heterocycles. The lowest BCUT2D eigenvalue weighted by Gasteiger charge is -2.31. The van der Waals surface area contributed by atoms with Gasteiger partial charge >= 0.3 is 6.09 Å². The third kappa shape index (κ3) is 9.77. The van der Waals surface area contributed by atoms with Crippen LogP contribution in [0.5, 0.6) is 5.75 Å². The Hall–Kier alpha value is -2.70. The van der Waals surface area contributed by atoms with Gasteiger partial charge in [-0.25, -0.2) is 13.2 Å². The number of amides is 1. The number of aliphatic hydroxyl groups is 1. The van der Waals surface area contributed by atoms with Crippen molar-refractivity contribution in [3.05, 3.63) is 60.2 Å². The molecule has 2 aromatic rings. The zero-order valence-electron chi connectivity index (χ0n) is 23.0. The Morgan fingerprint density at radius 1 is 1.13 bits per heavy atom. The van der Waals surface area contributed by atoms with Gasteiger partial charge in [0.15, 0.2) is 0 Å². The number of benzene rings is 2. The Morgan fingerprint density at radius 2 is 1.82 bits per heavy atom. The number of rotatable bonds is 12. The van der Waals surface area contributed by atoms with Crippen molar-refractivity contribution < 1.29 is 37.4 Å². The van der Waals surface area contributed by atoms with E-state index in [0.29, 0.717) is 12.4 Å². The standard InChI is InChI=1S/C28H40N2O8S/c1-28(2,3)38-27(32)29-25(18-21-10-6-5-7-11-21)26(31)19-30(37-20-23-12-8-9-17-36-23)39(33,34)24-15-13-22(35-4)14-16-24/h5-7,10-11,13-16,23,25-26,31H,8-9,12,17-20H2,1-4H3,(H,29,32). The van der Waals surface area contributed by atoms with E-state index in [1.807, 2.05) is 30.3 Å². The zero-order chi connectivity index (χ0) is 28.5. The maximum Gasteiger partial charge on any atom is 0.407 e. The minimum atomic E-state index is -4.19. The van der Waals surface area contributed by atoms with E-state index >= 15 is 0 Å². The number of nitrogens with one attached hydrogen (secondary N) is 1. The van der Waals surface area contributed by atoms with E-state index in [1.54, 1.807) is 20.8 Å². The predicted molar refractivity (Wildman–Crippen MR) is 146 cm³/mol. The van der Waals surface area contributed by atoms with Gasteiger partial charge < -0.3 is 24.6 Å². The summed E-state index contributed by atoms with van der Waals surface area (Å²) in [5.41, 5.74) is 0.0952. The molecule has 0 spiro atoms. The van der Waals surface area contributed by atoms with E-state index in [1.165, 1.54) is 31.4 Å². The molecule has 216 valence electrons. The number of carbonyl (C=O) groups is 1. The summed E-state index contributed by atoms with van der Waals surface area (Å²) in [6.07, 6.45) is 0.576. The Balaban J connectivity index is 1.84. The van der Waals surface area contributed by atoms with E-state index in [2.05, 4.69) is 5.32 Å². The number of hydrogen-bond acceptors (Lipinski definition) is 8. The third-order valence-corrected chi connectivity index (χ3v) is 7.76. The molecular formula is C28H40N2O8S. The van der Waals surface area contributed by atoms with Crippen LogP contribution in [0.1, 0.15) is 45.6 Å². The number of carbonyl (C=O) groups excluding carboxylic acids is 1. The van der Waals surface area contributed by atoms with Crippen molar-refractivity contribution in [2.24, 2.45) is 0 Å². The molecule has 1 aliphatic rings. The minimum Gasteiger partial charge on any atom is -0.497 e. The molecule has 1 aliphatic heterocycles. The molecule has 10 nitrogen and oxygen atoms in total. The highest BCUT2D eigenvalue weighted by Gasteiger charge is 2.33. The molecule has 1 fully saturated rings. The van der Waals surface area contributed by atoms with Gasteiger partial charge in [-0.1, -0.05) is 34.8 Å². The number of sulfonamides is 1.